The molecule has 0 atom stereocenters. The van der Waals surface area contributed by atoms with Crippen molar-refractivity contribution in [2.75, 3.05) is 0 Å². The normalized spacial score (nSPS) is 9.71. The Balaban J connectivity index is 0.000000774. The number of nitrogens with zero attached hydrogens (tertiary/aromatic N) is 1. The number of halogens is 2. The summed E-state index contributed by atoms with van der Waals surface area (Å²) >= 11 is 6.78. The van der Waals surface area contributed by atoms with Crippen LogP contribution in [0.2, 0.25) is 0 Å². The van der Waals surface area contributed by atoms with E-state index in [1.807, 2.05) is 60.7 Å². The average molecular weight is 402 g/mol. The van der Waals surface area contributed by atoms with E-state index in [1.165, 1.54) is 0 Å². The van der Waals surface area contributed by atoms with Crippen LogP contribution in [0.25, 0.3) is 22.5 Å². The summed E-state index contributed by atoms with van der Waals surface area (Å²) in [5.74, 6) is 0. The Morgan fingerprint density at radius 3 is 2.19 bits per heavy atom. The first-order valence-electron chi connectivity index (χ1n) is 6.07. The monoisotopic (exact) mass is 400 g/mol. The number of benzene rings is 2. The molecule has 0 unspecified atom stereocenters. The summed E-state index contributed by atoms with van der Waals surface area (Å²) < 4.78 is 0.934. The molecule has 0 amide bonds. The molecule has 0 aliphatic heterocycles. The Morgan fingerprint density at radius 1 is 0.857 bits per heavy atom. The van der Waals surface area contributed by atoms with Crippen molar-refractivity contribution in [3.05, 3.63) is 77.3 Å². The van der Waals surface area contributed by atoms with Crippen LogP contribution in [-0.4, -0.2) is 4.98 Å². The standard InChI is InChI=1S/C17H10BrN.ClH.Ni/c18-15-9-4-8-14(12-15)17-11-5-10-16(19-17)13-6-2-1-3-7-13;;/h1-6,8-11H;1H;/q-2;;+1/p-1. The molecule has 0 aliphatic carbocycles. The zero-order valence-corrected chi connectivity index (χ0v) is 14.1. The van der Waals surface area contributed by atoms with E-state index in [0.29, 0.717) is 0 Å². The van der Waals surface area contributed by atoms with Crippen LogP contribution in [0, 0.1) is 12.1 Å². The summed E-state index contributed by atoms with van der Waals surface area (Å²) in [5.41, 5.74) is 3.81. The van der Waals surface area contributed by atoms with Gasteiger partial charge in [-0.2, -0.15) is 0 Å². The van der Waals surface area contributed by atoms with Gasteiger partial charge < -0.3 is 4.98 Å². The van der Waals surface area contributed by atoms with Crippen LogP contribution in [0.1, 0.15) is 0 Å². The molecule has 0 aliphatic rings. The van der Waals surface area contributed by atoms with Gasteiger partial charge in [-0.05, 0) is 11.4 Å². The zero-order valence-electron chi connectivity index (χ0n) is 10.8. The van der Waals surface area contributed by atoms with E-state index >= 15 is 0 Å². The molecule has 0 saturated heterocycles. The summed E-state index contributed by atoms with van der Waals surface area (Å²) in [6.07, 6.45) is 0. The zero-order chi connectivity index (χ0) is 15.1. The minimum atomic E-state index is 0.913. The van der Waals surface area contributed by atoms with Crippen LogP contribution in [0.15, 0.2) is 65.1 Å². The third-order valence-corrected chi connectivity index (χ3v) is 3.23. The quantitative estimate of drug-likeness (QED) is 0.410. The van der Waals surface area contributed by atoms with Crippen molar-refractivity contribution in [1.29, 1.82) is 0 Å². The van der Waals surface area contributed by atoms with E-state index in [0.717, 1.165) is 27.0 Å². The number of hydrogen-bond acceptors (Lipinski definition) is 1. The fourth-order valence-corrected chi connectivity index (χ4v) is 2.24. The fraction of sp³-hybridized carbons (Fsp3) is 0. The maximum absolute atomic E-state index is 4.67. The second kappa shape index (κ2) is 8.33. The van der Waals surface area contributed by atoms with Crippen molar-refractivity contribution in [3.8, 4) is 22.5 Å². The van der Waals surface area contributed by atoms with Gasteiger partial charge in [0.2, 0.25) is 0 Å². The molecule has 0 bridgehead atoms. The topological polar surface area (TPSA) is 12.9 Å². The predicted octanol–water partition coefficient (Wildman–Crippen LogP) is 5.47. The van der Waals surface area contributed by atoms with E-state index in [1.54, 1.807) is 0 Å². The van der Waals surface area contributed by atoms with Crippen molar-refractivity contribution in [2.45, 2.75) is 0 Å². The van der Waals surface area contributed by atoms with Gasteiger partial charge in [-0.25, -0.2) is 0 Å². The Hall–Kier alpha value is -1.15. The molecule has 21 heavy (non-hydrogen) atoms. The second-order valence-electron chi connectivity index (χ2n) is 4.10. The van der Waals surface area contributed by atoms with Gasteiger partial charge in [-0.1, -0.05) is 38.6 Å². The van der Waals surface area contributed by atoms with Crippen LogP contribution in [-0.2, 0) is 14.6 Å². The molecular formula is C17H10BrClNNi-2. The first-order valence-corrected chi connectivity index (χ1v) is 8.22. The number of pyridine rings is 1. The molecule has 3 aromatic rings. The third-order valence-electron chi connectivity index (χ3n) is 2.77. The van der Waals surface area contributed by atoms with Crippen molar-refractivity contribution in [3.63, 3.8) is 0 Å². The van der Waals surface area contributed by atoms with E-state index in [9.17, 15) is 0 Å². The molecule has 0 saturated carbocycles. The summed E-state index contributed by atoms with van der Waals surface area (Å²) in [4.78, 5) is 4.67. The van der Waals surface area contributed by atoms with Crippen molar-refractivity contribution in [2.24, 2.45) is 0 Å². The van der Waals surface area contributed by atoms with Crippen molar-refractivity contribution in [1.82, 2.24) is 4.98 Å². The van der Waals surface area contributed by atoms with Crippen LogP contribution in [0.4, 0.5) is 0 Å². The Labute approximate surface area is 145 Å². The third kappa shape index (κ3) is 4.41. The Kier molecular flexibility index (Phi) is 6.44. The summed E-state index contributed by atoms with van der Waals surface area (Å²) in [7, 11) is 4.26. The van der Waals surface area contributed by atoms with Gasteiger partial charge in [0.1, 0.15) is 0 Å². The van der Waals surface area contributed by atoms with Crippen LogP contribution in [0.3, 0.4) is 0 Å². The number of rotatable bonds is 2. The minimum absolute atomic E-state index is 0.913. The van der Waals surface area contributed by atoms with Gasteiger partial charge >= 0.3 is 24.8 Å². The van der Waals surface area contributed by atoms with E-state index in [-0.39, 0.29) is 0 Å². The van der Waals surface area contributed by atoms with Gasteiger partial charge in [0.25, 0.3) is 0 Å². The second-order valence-corrected chi connectivity index (χ2v) is 4.95. The SMILES string of the molecule is Brc1[c-]c(-c2cccc(-c3[c-]cccc3)n2)ccc1.[Cl][Ni]. The molecular weight excluding hydrogens is 392 g/mol. The average Bonchev–Trinajstić information content (AvgIpc) is 2.58. The molecule has 2 aromatic carbocycles. The molecule has 0 fully saturated rings. The van der Waals surface area contributed by atoms with Gasteiger partial charge in [0.05, 0.1) is 0 Å². The molecule has 1 aromatic heterocycles. The Morgan fingerprint density at radius 2 is 1.52 bits per heavy atom. The molecule has 4 heteroatoms. The number of hydrogen-bond donors (Lipinski definition) is 0. The van der Waals surface area contributed by atoms with Crippen LogP contribution < -0.4 is 0 Å². The van der Waals surface area contributed by atoms with E-state index in [2.05, 4.69) is 57.8 Å². The van der Waals surface area contributed by atoms with Crippen molar-refractivity contribution >= 4 is 26.1 Å². The van der Waals surface area contributed by atoms with Crippen LogP contribution >= 0.6 is 26.1 Å². The number of aromatic nitrogens is 1. The van der Waals surface area contributed by atoms with E-state index < -0.39 is 0 Å². The molecule has 1 nitrogen and oxygen atoms in total. The molecule has 1 heterocycles. The Bertz CT molecular complexity index is 704. The molecule has 0 spiro atoms. The maximum atomic E-state index is 4.67. The summed E-state index contributed by atoms with van der Waals surface area (Å²) in [6, 6.07) is 26.2. The molecule has 0 N–H and O–H groups in total. The van der Waals surface area contributed by atoms with E-state index in [4.69, 9.17) is 0 Å². The van der Waals surface area contributed by atoms with Gasteiger partial charge in [-0.15, -0.1) is 65.7 Å². The van der Waals surface area contributed by atoms with Crippen molar-refractivity contribution < 1.29 is 14.6 Å². The fourth-order valence-electron chi connectivity index (χ4n) is 1.88. The molecule has 109 valence electrons. The molecule has 3 rings (SSSR count). The summed E-state index contributed by atoms with van der Waals surface area (Å²) in [6.45, 7) is 0. The first kappa shape index (κ1) is 16.2. The van der Waals surface area contributed by atoms with Gasteiger partial charge in [-0.3, -0.25) is 0 Å². The first-order chi connectivity index (χ1) is 10.3. The van der Waals surface area contributed by atoms with Gasteiger partial charge in [0.15, 0.2) is 0 Å². The van der Waals surface area contributed by atoms with Gasteiger partial charge in [0, 0.05) is 0 Å². The van der Waals surface area contributed by atoms with Crippen LogP contribution in [0.5, 0.6) is 0 Å². The predicted molar refractivity (Wildman–Crippen MR) is 86.3 cm³/mol. The summed E-state index contributed by atoms with van der Waals surface area (Å²) in [5, 5.41) is 0. The molecule has 0 radical (unpaired) electrons.